The number of carbonyl (C=O) groups is 2. The zero-order chi connectivity index (χ0) is 19.4. The molecule has 0 unspecified atom stereocenters. The van der Waals surface area contributed by atoms with E-state index in [4.69, 9.17) is 0 Å². The van der Waals surface area contributed by atoms with Crippen molar-refractivity contribution in [3.63, 3.8) is 0 Å². The molecular weight excluding hydrogens is 395 g/mol. The average Bonchev–Trinajstić information content (AvgIpc) is 3.25. The van der Waals surface area contributed by atoms with Gasteiger partial charge in [0.15, 0.2) is 9.84 Å². The minimum absolute atomic E-state index is 0.0394. The molecule has 1 saturated heterocycles. The van der Waals surface area contributed by atoms with E-state index < -0.39 is 27.5 Å². The van der Waals surface area contributed by atoms with Gasteiger partial charge in [-0.2, -0.15) is 0 Å². The Bertz CT molecular complexity index is 944. The number of nitrogens with one attached hydrogen (secondary N) is 2. The fourth-order valence-electron chi connectivity index (χ4n) is 2.58. The van der Waals surface area contributed by atoms with Crippen molar-refractivity contribution in [2.45, 2.75) is 11.7 Å². The van der Waals surface area contributed by atoms with Crippen molar-refractivity contribution in [3.8, 4) is 5.69 Å². The molecule has 144 valence electrons. The van der Waals surface area contributed by atoms with Crippen LogP contribution < -0.4 is 10.9 Å². The molecule has 0 aliphatic carbocycles. The molecule has 2 amide bonds. The first-order valence-corrected chi connectivity index (χ1v) is 10.9. The van der Waals surface area contributed by atoms with Gasteiger partial charge in [0.1, 0.15) is 11.5 Å². The maximum Gasteiger partial charge on any atom is 0.288 e. The van der Waals surface area contributed by atoms with Crippen molar-refractivity contribution in [2.24, 2.45) is 0 Å². The predicted octanol–water partition coefficient (Wildman–Crippen LogP) is 0.693. The molecule has 2 heterocycles. The molecule has 11 heteroatoms. The summed E-state index contributed by atoms with van der Waals surface area (Å²) >= 11 is 1.25. The number of hydrogen-bond acceptors (Lipinski definition) is 6. The molecule has 2 aromatic rings. The third-order valence-electron chi connectivity index (χ3n) is 3.93. The van der Waals surface area contributed by atoms with E-state index in [2.05, 4.69) is 15.8 Å². The van der Waals surface area contributed by atoms with Crippen LogP contribution in [0.3, 0.4) is 0 Å². The molecule has 1 atom stereocenters. The number of hydrazine groups is 1. The van der Waals surface area contributed by atoms with E-state index in [1.165, 1.54) is 53.1 Å². The van der Waals surface area contributed by atoms with E-state index in [9.17, 15) is 22.4 Å². The van der Waals surface area contributed by atoms with E-state index in [1.54, 1.807) is 0 Å². The Hall–Kier alpha value is -2.40. The number of hydrogen-bond donors (Lipinski definition) is 2. The fraction of sp³-hybridized carbons (Fsp3) is 0.312. The van der Waals surface area contributed by atoms with Crippen LogP contribution in [0.2, 0.25) is 0 Å². The first-order chi connectivity index (χ1) is 12.8. The molecule has 0 spiro atoms. The topological polar surface area (TPSA) is 110 Å². The van der Waals surface area contributed by atoms with E-state index in [-0.39, 0.29) is 28.2 Å². The van der Waals surface area contributed by atoms with Gasteiger partial charge in [0.05, 0.1) is 29.8 Å². The minimum atomic E-state index is -2.99. The molecule has 1 fully saturated rings. The van der Waals surface area contributed by atoms with Crippen LogP contribution in [0.5, 0.6) is 0 Å². The zero-order valence-corrected chi connectivity index (χ0v) is 15.7. The Labute approximate surface area is 159 Å². The summed E-state index contributed by atoms with van der Waals surface area (Å²) in [5.41, 5.74) is 5.29. The van der Waals surface area contributed by atoms with Gasteiger partial charge in [-0.05, 0) is 30.7 Å². The second kappa shape index (κ2) is 8.09. The van der Waals surface area contributed by atoms with Crippen molar-refractivity contribution < 1.29 is 22.4 Å². The lowest BCUT2D eigenvalue weighted by atomic mass is 10.3. The zero-order valence-electron chi connectivity index (χ0n) is 14.1. The van der Waals surface area contributed by atoms with Crippen LogP contribution in [0.1, 0.15) is 16.9 Å². The molecule has 8 nitrogen and oxygen atoms in total. The van der Waals surface area contributed by atoms with E-state index in [0.29, 0.717) is 12.1 Å². The average molecular weight is 412 g/mol. The van der Waals surface area contributed by atoms with Gasteiger partial charge < -0.3 is 0 Å². The van der Waals surface area contributed by atoms with E-state index in [0.717, 1.165) is 0 Å². The van der Waals surface area contributed by atoms with Crippen molar-refractivity contribution >= 4 is 33.4 Å². The van der Waals surface area contributed by atoms with E-state index in [1.807, 2.05) is 0 Å². The number of amides is 2. The van der Waals surface area contributed by atoms with Gasteiger partial charge in [-0.25, -0.2) is 17.8 Å². The molecule has 1 aliphatic heterocycles. The highest BCUT2D eigenvalue weighted by atomic mass is 32.2. The second-order valence-electron chi connectivity index (χ2n) is 5.96. The van der Waals surface area contributed by atoms with Gasteiger partial charge in [-0.3, -0.25) is 25.0 Å². The monoisotopic (exact) mass is 412 g/mol. The number of halogens is 1. The Kier molecular flexibility index (Phi) is 5.80. The number of sulfone groups is 1. The summed E-state index contributed by atoms with van der Waals surface area (Å²) in [5.74, 6) is -1.16. The van der Waals surface area contributed by atoms with Crippen molar-refractivity contribution in [1.82, 2.24) is 20.4 Å². The number of aromatic nitrogens is 2. The van der Waals surface area contributed by atoms with Crippen molar-refractivity contribution in [2.75, 3.05) is 17.3 Å². The van der Waals surface area contributed by atoms with Gasteiger partial charge in [0, 0.05) is 10.9 Å². The number of imidazole rings is 1. The molecule has 1 aromatic carbocycles. The molecule has 1 aromatic heterocycles. The fourth-order valence-corrected chi connectivity index (χ4v) is 6.03. The second-order valence-corrected chi connectivity index (χ2v) is 9.48. The van der Waals surface area contributed by atoms with Crippen LogP contribution >= 0.6 is 11.8 Å². The van der Waals surface area contributed by atoms with Gasteiger partial charge in [-0.1, -0.05) is 0 Å². The lowest BCUT2D eigenvalue weighted by Gasteiger charge is -2.11. The van der Waals surface area contributed by atoms with Crippen LogP contribution in [0.15, 0.2) is 36.8 Å². The standard InChI is InChI=1S/C16H17FN4O4S2/c17-11-1-3-12(4-2-11)21-10-18-7-14(21)16(23)20-19-15(22)8-26-13-5-6-27(24,25)9-13/h1-4,7,10,13H,5-6,8-9H2,(H,19,22)(H,20,23)/t13-/m1/s1. The smallest absolute Gasteiger partial charge is 0.288 e. The number of rotatable bonds is 5. The van der Waals surface area contributed by atoms with Crippen molar-refractivity contribution in [3.05, 3.63) is 48.3 Å². The quantitative estimate of drug-likeness (QED) is 0.700. The molecule has 27 heavy (non-hydrogen) atoms. The lowest BCUT2D eigenvalue weighted by Crippen LogP contribution is -2.43. The maximum atomic E-state index is 13.0. The van der Waals surface area contributed by atoms with Crippen LogP contribution in [0.25, 0.3) is 5.69 Å². The minimum Gasteiger partial charge on any atom is -0.295 e. The molecule has 0 radical (unpaired) electrons. The normalized spacial score (nSPS) is 18.2. The largest absolute Gasteiger partial charge is 0.295 e. The summed E-state index contributed by atoms with van der Waals surface area (Å²) in [5, 5.41) is -0.101. The summed E-state index contributed by atoms with van der Waals surface area (Å²) in [6, 6.07) is 5.52. The Morgan fingerprint density at radius 2 is 2.00 bits per heavy atom. The van der Waals surface area contributed by atoms with Gasteiger partial charge in [0.2, 0.25) is 5.91 Å². The maximum absolute atomic E-state index is 13.0. The molecule has 3 rings (SSSR count). The molecule has 0 bridgehead atoms. The summed E-state index contributed by atoms with van der Waals surface area (Å²) in [4.78, 5) is 28.0. The van der Waals surface area contributed by atoms with Gasteiger partial charge in [0.25, 0.3) is 5.91 Å². The summed E-state index contributed by atoms with van der Waals surface area (Å²) in [6.45, 7) is 0. The lowest BCUT2D eigenvalue weighted by molar-refractivity contribution is -0.119. The summed E-state index contributed by atoms with van der Waals surface area (Å²) in [6.07, 6.45) is 3.26. The summed E-state index contributed by atoms with van der Waals surface area (Å²) in [7, 11) is -2.99. The van der Waals surface area contributed by atoms with Crippen LogP contribution in [0, 0.1) is 5.82 Å². The molecule has 2 N–H and O–H groups in total. The third kappa shape index (κ3) is 5.07. The van der Waals surface area contributed by atoms with Crippen LogP contribution in [-0.2, 0) is 14.6 Å². The highest BCUT2D eigenvalue weighted by molar-refractivity contribution is 8.02. The highest BCUT2D eigenvalue weighted by Gasteiger charge is 2.28. The van der Waals surface area contributed by atoms with Gasteiger partial charge >= 0.3 is 0 Å². The summed E-state index contributed by atoms with van der Waals surface area (Å²) < 4.78 is 37.3. The molecular formula is C16H17FN4O4S2. The Morgan fingerprint density at radius 1 is 1.26 bits per heavy atom. The number of benzene rings is 1. The SMILES string of the molecule is O=C(CS[C@@H]1CCS(=O)(=O)C1)NNC(=O)c1cncn1-c1ccc(F)cc1. The number of carbonyl (C=O) groups excluding carboxylic acids is 2. The molecule has 0 saturated carbocycles. The van der Waals surface area contributed by atoms with E-state index >= 15 is 0 Å². The van der Waals surface area contributed by atoms with Crippen molar-refractivity contribution in [1.29, 1.82) is 0 Å². The third-order valence-corrected chi connectivity index (χ3v) is 7.21. The Balaban J connectivity index is 1.52. The van der Waals surface area contributed by atoms with Crippen LogP contribution in [-0.4, -0.2) is 52.3 Å². The first-order valence-electron chi connectivity index (χ1n) is 8.03. The molecule has 1 aliphatic rings. The predicted molar refractivity (Wildman–Crippen MR) is 98.6 cm³/mol. The van der Waals surface area contributed by atoms with Crippen LogP contribution in [0.4, 0.5) is 4.39 Å². The first kappa shape index (κ1) is 19.4. The number of nitrogens with zero attached hydrogens (tertiary/aromatic N) is 2. The Morgan fingerprint density at radius 3 is 2.67 bits per heavy atom. The highest BCUT2D eigenvalue weighted by Crippen LogP contribution is 2.23. The van der Waals surface area contributed by atoms with Gasteiger partial charge in [-0.15, -0.1) is 11.8 Å². The number of thioether (sulfide) groups is 1.